The van der Waals surface area contributed by atoms with Crippen LogP contribution in [0.2, 0.25) is 5.02 Å². The Labute approximate surface area is 96.3 Å². The molecule has 0 bridgehead atoms. The summed E-state index contributed by atoms with van der Waals surface area (Å²) in [7, 11) is 0. The highest BCUT2D eigenvalue weighted by Crippen LogP contribution is 2.20. The lowest BCUT2D eigenvalue weighted by atomic mass is 10.3. The van der Waals surface area contributed by atoms with Crippen molar-refractivity contribution in [2.45, 2.75) is 0 Å². The van der Waals surface area contributed by atoms with E-state index in [1.165, 1.54) is 12.1 Å². The van der Waals surface area contributed by atoms with E-state index < -0.39 is 5.82 Å². The van der Waals surface area contributed by atoms with Crippen LogP contribution in [-0.4, -0.2) is 10.2 Å². The predicted molar refractivity (Wildman–Crippen MR) is 61.1 cm³/mol. The molecule has 1 aromatic carbocycles. The topological polar surface area (TPSA) is 63.8 Å². The van der Waals surface area contributed by atoms with E-state index in [1.807, 2.05) is 0 Å². The second-order valence-corrected chi connectivity index (χ2v) is 3.56. The predicted octanol–water partition coefficient (Wildman–Crippen LogP) is 2.59. The number of nitrogens with zero attached hydrogens (tertiary/aromatic N) is 2. The number of anilines is 3. The molecule has 3 N–H and O–H groups in total. The smallest absolute Gasteiger partial charge is 0.153 e. The summed E-state index contributed by atoms with van der Waals surface area (Å²) in [5.41, 5.74) is 5.89. The standard InChI is InChI=1S/C10H8ClFN4/c11-6-3-7(12)5-8(4-6)14-10-2-1-9(13)15-16-10/h1-5H,(H2,13,15)(H,14,16). The van der Waals surface area contributed by atoms with Crippen molar-refractivity contribution in [1.29, 1.82) is 0 Å². The van der Waals surface area contributed by atoms with Gasteiger partial charge in [-0.1, -0.05) is 11.6 Å². The minimum Gasteiger partial charge on any atom is -0.382 e. The molecule has 0 aliphatic carbocycles. The van der Waals surface area contributed by atoms with E-state index >= 15 is 0 Å². The quantitative estimate of drug-likeness (QED) is 0.844. The zero-order chi connectivity index (χ0) is 11.5. The number of rotatable bonds is 2. The first-order chi connectivity index (χ1) is 7.63. The van der Waals surface area contributed by atoms with Crippen LogP contribution >= 0.6 is 11.6 Å². The highest BCUT2D eigenvalue weighted by Gasteiger charge is 2.01. The summed E-state index contributed by atoms with van der Waals surface area (Å²) in [6.07, 6.45) is 0. The molecule has 2 aromatic rings. The average Bonchev–Trinajstić information content (AvgIpc) is 2.20. The van der Waals surface area contributed by atoms with E-state index in [-0.39, 0.29) is 0 Å². The van der Waals surface area contributed by atoms with Gasteiger partial charge >= 0.3 is 0 Å². The fraction of sp³-hybridized carbons (Fsp3) is 0. The SMILES string of the molecule is Nc1ccc(Nc2cc(F)cc(Cl)c2)nn1. The molecule has 0 unspecified atom stereocenters. The number of halogens is 2. The molecule has 0 amide bonds. The van der Waals surface area contributed by atoms with Gasteiger partial charge in [0, 0.05) is 10.7 Å². The van der Waals surface area contributed by atoms with Crippen LogP contribution < -0.4 is 11.1 Å². The van der Waals surface area contributed by atoms with E-state index in [2.05, 4.69) is 15.5 Å². The Balaban J connectivity index is 2.23. The van der Waals surface area contributed by atoms with Gasteiger partial charge in [0.05, 0.1) is 0 Å². The fourth-order valence-electron chi connectivity index (χ4n) is 1.18. The van der Waals surface area contributed by atoms with Crippen LogP contribution in [0.3, 0.4) is 0 Å². The molecule has 0 saturated carbocycles. The highest BCUT2D eigenvalue weighted by atomic mass is 35.5. The van der Waals surface area contributed by atoms with Crippen LogP contribution in [0.1, 0.15) is 0 Å². The van der Waals surface area contributed by atoms with Crippen LogP contribution in [0.15, 0.2) is 30.3 Å². The lowest BCUT2D eigenvalue weighted by Crippen LogP contribution is -1.98. The molecule has 1 heterocycles. The maximum Gasteiger partial charge on any atom is 0.153 e. The molecule has 0 spiro atoms. The number of benzene rings is 1. The maximum absolute atomic E-state index is 13.0. The lowest BCUT2D eigenvalue weighted by Gasteiger charge is -2.05. The van der Waals surface area contributed by atoms with Gasteiger partial charge in [0.1, 0.15) is 11.6 Å². The molecule has 2 rings (SSSR count). The van der Waals surface area contributed by atoms with Gasteiger partial charge in [-0.05, 0) is 30.3 Å². The van der Waals surface area contributed by atoms with E-state index in [1.54, 1.807) is 18.2 Å². The summed E-state index contributed by atoms with van der Waals surface area (Å²) < 4.78 is 13.0. The second kappa shape index (κ2) is 4.32. The number of nitrogens with two attached hydrogens (primary N) is 1. The molecule has 6 heteroatoms. The van der Waals surface area contributed by atoms with Crippen molar-refractivity contribution >= 4 is 28.9 Å². The Morgan fingerprint density at radius 2 is 2.00 bits per heavy atom. The van der Waals surface area contributed by atoms with Gasteiger partial charge in [-0.15, -0.1) is 10.2 Å². The molecule has 82 valence electrons. The Hall–Kier alpha value is -1.88. The molecule has 0 aliphatic rings. The molecule has 0 atom stereocenters. The molecule has 16 heavy (non-hydrogen) atoms. The van der Waals surface area contributed by atoms with Gasteiger partial charge in [0.15, 0.2) is 5.82 Å². The Morgan fingerprint density at radius 3 is 2.62 bits per heavy atom. The number of aromatic nitrogens is 2. The van der Waals surface area contributed by atoms with Crippen molar-refractivity contribution < 1.29 is 4.39 Å². The Morgan fingerprint density at radius 1 is 1.19 bits per heavy atom. The first-order valence-corrected chi connectivity index (χ1v) is 4.83. The van der Waals surface area contributed by atoms with Crippen molar-refractivity contribution in [2.75, 3.05) is 11.1 Å². The van der Waals surface area contributed by atoms with Crippen molar-refractivity contribution in [3.8, 4) is 0 Å². The van der Waals surface area contributed by atoms with Gasteiger partial charge in [-0.25, -0.2) is 4.39 Å². The van der Waals surface area contributed by atoms with Gasteiger partial charge in [-0.3, -0.25) is 0 Å². The summed E-state index contributed by atoms with van der Waals surface area (Å²) in [5.74, 6) is 0.372. The zero-order valence-corrected chi connectivity index (χ0v) is 8.87. The Kier molecular flexibility index (Phi) is 2.87. The summed E-state index contributed by atoms with van der Waals surface area (Å²) in [5, 5.41) is 10.6. The van der Waals surface area contributed by atoms with Gasteiger partial charge in [-0.2, -0.15) is 0 Å². The number of nitrogen functional groups attached to an aromatic ring is 1. The third-order valence-electron chi connectivity index (χ3n) is 1.82. The van der Waals surface area contributed by atoms with Crippen molar-refractivity contribution in [1.82, 2.24) is 10.2 Å². The number of hydrogen-bond acceptors (Lipinski definition) is 4. The number of nitrogens with one attached hydrogen (secondary N) is 1. The minimum atomic E-state index is -0.418. The molecule has 0 aliphatic heterocycles. The van der Waals surface area contributed by atoms with Crippen molar-refractivity contribution in [3.63, 3.8) is 0 Å². The van der Waals surface area contributed by atoms with Crippen LogP contribution in [0, 0.1) is 5.82 Å². The largest absolute Gasteiger partial charge is 0.382 e. The lowest BCUT2D eigenvalue weighted by molar-refractivity contribution is 0.628. The first kappa shape index (κ1) is 10.6. The van der Waals surface area contributed by atoms with E-state index in [9.17, 15) is 4.39 Å². The summed E-state index contributed by atoms with van der Waals surface area (Å²) >= 11 is 5.71. The minimum absolute atomic E-state index is 0.311. The highest BCUT2D eigenvalue weighted by molar-refractivity contribution is 6.30. The second-order valence-electron chi connectivity index (χ2n) is 3.13. The van der Waals surface area contributed by atoms with Gasteiger partial charge < -0.3 is 11.1 Å². The molecule has 1 aromatic heterocycles. The third-order valence-corrected chi connectivity index (χ3v) is 2.04. The van der Waals surface area contributed by atoms with Gasteiger partial charge in [0.2, 0.25) is 0 Å². The monoisotopic (exact) mass is 238 g/mol. The van der Waals surface area contributed by atoms with E-state index in [0.717, 1.165) is 0 Å². The summed E-state index contributed by atoms with van der Waals surface area (Å²) in [6, 6.07) is 7.35. The molecule has 0 radical (unpaired) electrons. The van der Waals surface area contributed by atoms with E-state index in [0.29, 0.717) is 22.3 Å². The molecular weight excluding hydrogens is 231 g/mol. The fourth-order valence-corrected chi connectivity index (χ4v) is 1.40. The normalized spacial score (nSPS) is 10.1. The number of hydrogen-bond donors (Lipinski definition) is 2. The summed E-state index contributed by atoms with van der Waals surface area (Å²) in [4.78, 5) is 0. The summed E-state index contributed by atoms with van der Waals surface area (Å²) in [6.45, 7) is 0. The van der Waals surface area contributed by atoms with Gasteiger partial charge in [0.25, 0.3) is 0 Å². The Bertz CT molecular complexity index is 480. The zero-order valence-electron chi connectivity index (χ0n) is 8.11. The molecule has 4 nitrogen and oxygen atoms in total. The molecule has 0 fully saturated rings. The van der Waals surface area contributed by atoms with Crippen LogP contribution in [0.25, 0.3) is 0 Å². The molecular formula is C10H8ClFN4. The van der Waals surface area contributed by atoms with Crippen molar-refractivity contribution in [2.24, 2.45) is 0 Å². The van der Waals surface area contributed by atoms with Crippen LogP contribution in [-0.2, 0) is 0 Å². The van der Waals surface area contributed by atoms with Crippen LogP contribution in [0.4, 0.5) is 21.7 Å². The maximum atomic E-state index is 13.0. The third kappa shape index (κ3) is 2.58. The van der Waals surface area contributed by atoms with Crippen LogP contribution in [0.5, 0.6) is 0 Å². The van der Waals surface area contributed by atoms with Crippen molar-refractivity contribution in [3.05, 3.63) is 41.2 Å². The van der Waals surface area contributed by atoms with E-state index in [4.69, 9.17) is 17.3 Å². The molecule has 0 saturated heterocycles. The average molecular weight is 239 g/mol. The first-order valence-electron chi connectivity index (χ1n) is 4.46.